The molecule has 8 nitrogen and oxygen atoms in total. The Hall–Kier alpha value is -3.67. The van der Waals surface area contributed by atoms with Crippen molar-refractivity contribution in [3.8, 4) is 6.07 Å². The summed E-state index contributed by atoms with van der Waals surface area (Å²) in [5, 5.41) is 28.9. The van der Waals surface area contributed by atoms with Gasteiger partial charge in [0.2, 0.25) is 0 Å². The molecule has 2 aromatic carbocycles. The Morgan fingerprint density at radius 3 is 2.44 bits per heavy atom. The second-order valence-corrected chi connectivity index (χ2v) is 16.6. The van der Waals surface area contributed by atoms with Crippen LogP contribution in [0.2, 0.25) is 5.02 Å². The molecule has 250 valence electrons. The summed E-state index contributed by atoms with van der Waals surface area (Å²) in [6.45, 7) is 8.97. The molecule has 1 saturated heterocycles. The van der Waals surface area contributed by atoms with Gasteiger partial charge in [0, 0.05) is 41.4 Å². The van der Waals surface area contributed by atoms with Crippen molar-refractivity contribution in [2.24, 2.45) is 17.8 Å². The maximum absolute atomic E-state index is 10.3. The summed E-state index contributed by atoms with van der Waals surface area (Å²) >= 11 is 7.01. The Kier molecular flexibility index (Phi) is 8.12. The number of hydrogen-bond donors (Lipinski definition) is 2. The number of likely N-dealkylation sites (tertiary alicyclic amines) is 1. The quantitative estimate of drug-likeness (QED) is 0.204. The van der Waals surface area contributed by atoms with Crippen molar-refractivity contribution in [2.45, 2.75) is 102 Å². The standard InChI is InChI=1S/C39H47ClN8/c1-38(2,3)47-13-10-31(11-14-47)48-24-34(45-46-48)36(28-7-5-4-6-8-28)43-30-18-32-35(29(22-41)23-42-37(32)33(40)19-30)44-39-12-9-25-15-26(20-39)17-27(16-25)21-39/h4-8,18-19,23-27,31,36,43H,9-17,20-21H2,1-3H3,(H,42,44)/t25-,26-,27+,36-,39-/m0/s1. The first-order valence-electron chi connectivity index (χ1n) is 18.0. The van der Waals surface area contributed by atoms with E-state index in [-0.39, 0.29) is 17.1 Å². The third kappa shape index (κ3) is 6.05. The van der Waals surface area contributed by atoms with Crippen molar-refractivity contribution in [3.05, 3.63) is 76.7 Å². The lowest BCUT2D eigenvalue weighted by molar-refractivity contribution is 0.0866. The van der Waals surface area contributed by atoms with Crippen molar-refractivity contribution in [3.63, 3.8) is 0 Å². The van der Waals surface area contributed by atoms with Crippen molar-refractivity contribution in [2.75, 3.05) is 23.7 Å². The minimum absolute atomic E-state index is 0.0166. The number of nitriles is 1. The van der Waals surface area contributed by atoms with Crippen molar-refractivity contribution in [1.29, 1.82) is 5.26 Å². The zero-order valence-electron chi connectivity index (χ0n) is 28.4. The van der Waals surface area contributed by atoms with Gasteiger partial charge in [-0.2, -0.15) is 5.26 Å². The highest BCUT2D eigenvalue weighted by Gasteiger charge is 2.48. The third-order valence-electron chi connectivity index (χ3n) is 11.9. The molecule has 5 aliphatic rings. The van der Waals surface area contributed by atoms with E-state index >= 15 is 0 Å². The SMILES string of the molecule is CC(C)(C)N1CCC(n2cc([C@@H](Nc3cc(Cl)c4ncc(C#N)c(N[C@@]56CC[C@@H]7C[C@H](C[C@H](C7)C5)C6)c4c3)c3ccccc3)nn2)CC1. The lowest BCUT2D eigenvalue weighted by Crippen LogP contribution is -2.46. The lowest BCUT2D eigenvalue weighted by atomic mass is 9.65. The fraction of sp³-hybridized carbons (Fsp3) is 0.538. The fourth-order valence-electron chi connectivity index (χ4n) is 9.68. The molecule has 0 spiro atoms. The number of halogens is 1. The van der Waals surface area contributed by atoms with Gasteiger partial charge in [-0.1, -0.05) is 47.1 Å². The van der Waals surface area contributed by atoms with E-state index in [4.69, 9.17) is 16.7 Å². The van der Waals surface area contributed by atoms with E-state index in [1.165, 1.54) is 38.5 Å². The Morgan fingerprint density at radius 1 is 1.00 bits per heavy atom. The molecule has 4 aromatic rings. The number of pyridine rings is 1. The highest BCUT2D eigenvalue weighted by molar-refractivity contribution is 6.35. The van der Waals surface area contributed by atoms with Gasteiger partial charge in [-0.05, 0) is 114 Å². The van der Waals surface area contributed by atoms with Gasteiger partial charge >= 0.3 is 0 Å². The highest BCUT2D eigenvalue weighted by atomic mass is 35.5. The average Bonchev–Trinajstić information content (AvgIpc) is 3.48. The molecule has 9 heteroatoms. The van der Waals surface area contributed by atoms with Crippen molar-refractivity contribution >= 4 is 33.9 Å². The van der Waals surface area contributed by atoms with Crippen LogP contribution in [-0.2, 0) is 0 Å². The molecule has 0 radical (unpaired) electrons. The second-order valence-electron chi connectivity index (χ2n) is 16.2. The molecule has 2 aromatic heterocycles. The van der Waals surface area contributed by atoms with Crippen LogP contribution in [0, 0.1) is 29.1 Å². The fourth-order valence-corrected chi connectivity index (χ4v) is 9.95. The number of benzene rings is 2. The zero-order chi connectivity index (χ0) is 33.0. The third-order valence-corrected chi connectivity index (χ3v) is 12.2. The van der Waals surface area contributed by atoms with E-state index in [9.17, 15) is 5.26 Å². The minimum atomic E-state index is -0.238. The molecule has 9 rings (SSSR count). The number of rotatable bonds is 7. The number of piperidine rings is 1. The first-order valence-corrected chi connectivity index (χ1v) is 18.3. The lowest BCUT2D eigenvalue weighted by Gasteiger charge is -2.46. The van der Waals surface area contributed by atoms with E-state index < -0.39 is 0 Å². The van der Waals surface area contributed by atoms with Gasteiger partial charge in [-0.25, -0.2) is 4.68 Å². The molecule has 5 fully saturated rings. The molecule has 0 unspecified atom stereocenters. The van der Waals surface area contributed by atoms with Gasteiger partial charge in [-0.3, -0.25) is 9.88 Å². The van der Waals surface area contributed by atoms with Crippen LogP contribution in [0.5, 0.6) is 0 Å². The number of anilines is 2. The summed E-state index contributed by atoms with van der Waals surface area (Å²) in [4.78, 5) is 7.24. The maximum Gasteiger partial charge on any atom is 0.109 e. The Bertz CT molecular complexity index is 1820. The largest absolute Gasteiger partial charge is 0.378 e. The van der Waals surface area contributed by atoms with Gasteiger partial charge in [0.25, 0.3) is 0 Å². The van der Waals surface area contributed by atoms with Crippen LogP contribution in [-0.4, -0.2) is 49.0 Å². The zero-order valence-corrected chi connectivity index (χ0v) is 29.2. The summed E-state index contributed by atoms with van der Waals surface area (Å²) in [6, 6.07) is 17.0. The first kappa shape index (κ1) is 31.6. The highest BCUT2D eigenvalue weighted by Crippen LogP contribution is 2.54. The summed E-state index contributed by atoms with van der Waals surface area (Å²) in [7, 11) is 0. The molecule has 0 amide bonds. The molecule has 48 heavy (non-hydrogen) atoms. The smallest absolute Gasteiger partial charge is 0.109 e. The van der Waals surface area contributed by atoms with Crippen LogP contribution in [0.25, 0.3) is 10.9 Å². The second kappa shape index (κ2) is 12.3. The summed E-state index contributed by atoms with van der Waals surface area (Å²) < 4.78 is 2.07. The first-order chi connectivity index (χ1) is 23.2. The van der Waals surface area contributed by atoms with E-state index in [1.54, 1.807) is 6.20 Å². The monoisotopic (exact) mass is 662 g/mol. The molecule has 4 saturated carbocycles. The van der Waals surface area contributed by atoms with Crippen LogP contribution in [0.3, 0.4) is 0 Å². The van der Waals surface area contributed by atoms with Crippen LogP contribution < -0.4 is 10.6 Å². The van der Waals surface area contributed by atoms with Gasteiger partial charge in [0.05, 0.1) is 40.1 Å². The Morgan fingerprint density at radius 2 is 1.73 bits per heavy atom. The van der Waals surface area contributed by atoms with Gasteiger partial charge in [0.15, 0.2) is 0 Å². The van der Waals surface area contributed by atoms with Crippen molar-refractivity contribution in [1.82, 2.24) is 24.9 Å². The van der Waals surface area contributed by atoms with Gasteiger partial charge in [-0.15, -0.1) is 5.10 Å². The van der Waals surface area contributed by atoms with Crippen LogP contribution in [0.4, 0.5) is 11.4 Å². The summed E-state index contributed by atoms with van der Waals surface area (Å²) in [6.07, 6.45) is 14.8. The number of aromatic nitrogens is 4. The molecular formula is C39H47ClN8. The number of nitrogens with one attached hydrogen (secondary N) is 2. The summed E-state index contributed by atoms with van der Waals surface area (Å²) in [5.41, 5.74) is 5.17. The molecular weight excluding hydrogens is 616 g/mol. The van der Waals surface area contributed by atoms with Crippen LogP contribution in [0.15, 0.2) is 54.9 Å². The minimum Gasteiger partial charge on any atom is -0.378 e. The molecule has 5 atom stereocenters. The predicted molar refractivity (Wildman–Crippen MR) is 192 cm³/mol. The Labute approximate surface area is 289 Å². The van der Waals surface area contributed by atoms with Gasteiger partial charge in [0.1, 0.15) is 11.8 Å². The number of nitrogens with zero attached hydrogens (tertiary/aromatic N) is 6. The maximum atomic E-state index is 10.3. The van der Waals surface area contributed by atoms with Gasteiger partial charge < -0.3 is 10.6 Å². The normalized spacial score (nSPS) is 26.7. The van der Waals surface area contributed by atoms with E-state index in [1.807, 2.05) is 12.1 Å². The number of fused-ring (bicyclic) bond motifs is 2. The number of hydrogen-bond acceptors (Lipinski definition) is 7. The molecule has 4 bridgehead atoms. The van der Waals surface area contributed by atoms with E-state index in [0.717, 1.165) is 78.1 Å². The Balaban J connectivity index is 1.12. The summed E-state index contributed by atoms with van der Waals surface area (Å²) in [5.74, 6) is 2.42. The van der Waals surface area contributed by atoms with Crippen LogP contribution >= 0.6 is 11.6 Å². The predicted octanol–water partition coefficient (Wildman–Crippen LogP) is 8.76. The molecule has 4 aliphatic carbocycles. The van der Waals surface area contributed by atoms with E-state index in [0.29, 0.717) is 22.1 Å². The average molecular weight is 663 g/mol. The van der Waals surface area contributed by atoms with Crippen LogP contribution in [0.1, 0.15) is 107 Å². The van der Waals surface area contributed by atoms with E-state index in [2.05, 4.69) is 93.8 Å². The molecule has 2 N–H and O–H groups in total. The molecule has 3 heterocycles. The van der Waals surface area contributed by atoms with Crippen molar-refractivity contribution < 1.29 is 0 Å². The topological polar surface area (TPSA) is 94.7 Å². The molecule has 1 aliphatic heterocycles.